The zero-order valence-electron chi connectivity index (χ0n) is 17.7. The number of hydrogen-bond donors (Lipinski definition) is 1. The molecule has 0 radical (unpaired) electrons. The number of amides is 1. The van der Waals surface area contributed by atoms with Gasteiger partial charge in [-0.25, -0.2) is 4.79 Å². The maximum Gasteiger partial charge on any atom is 0.343 e. The molecule has 0 aromatic heterocycles. The number of esters is 1. The molecule has 1 heterocycles. The van der Waals surface area contributed by atoms with E-state index < -0.39 is 11.8 Å². The van der Waals surface area contributed by atoms with Crippen molar-refractivity contribution in [3.8, 4) is 11.5 Å². The molecule has 3 rings (SSSR count). The van der Waals surface area contributed by atoms with Gasteiger partial charge < -0.3 is 19.5 Å². The molecule has 29 heavy (non-hydrogen) atoms. The highest BCUT2D eigenvalue weighted by atomic mass is 16.7. The molecule has 154 valence electrons. The van der Waals surface area contributed by atoms with E-state index in [2.05, 4.69) is 12.2 Å². The standard InChI is InChI=1S/C23H27NO5/c1-7-14-8-10-15(11-9-14)20(25)24-16-12-13-17-19(18(16)21(26)27-6)29-23(5,28-17)22(2,3)4/h8-13H,7H2,1-6H3,(H,24,25). The van der Waals surface area contributed by atoms with Gasteiger partial charge in [-0.05, 0) is 36.2 Å². The summed E-state index contributed by atoms with van der Waals surface area (Å²) in [6.07, 6.45) is 0.892. The Hall–Kier alpha value is -3.02. The third kappa shape index (κ3) is 3.79. The molecule has 0 bridgehead atoms. The van der Waals surface area contributed by atoms with Gasteiger partial charge in [0.05, 0.1) is 12.8 Å². The fraction of sp³-hybridized carbons (Fsp3) is 0.391. The summed E-state index contributed by atoms with van der Waals surface area (Å²) in [4.78, 5) is 25.3. The average molecular weight is 397 g/mol. The van der Waals surface area contributed by atoms with Crippen molar-refractivity contribution in [2.75, 3.05) is 12.4 Å². The largest absolute Gasteiger partial charge is 0.465 e. The Labute approximate surface area is 171 Å². The Bertz CT molecular complexity index is 943. The quantitative estimate of drug-likeness (QED) is 0.749. The predicted octanol–water partition coefficient (Wildman–Crippen LogP) is 4.82. The Morgan fingerprint density at radius 3 is 2.28 bits per heavy atom. The first-order valence-electron chi connectivity index (χ1n) is 9.63. The number of carbonyl (C=O) groups is 2. The predicted molar refractivity (Wildman–Crippen MR) is 111 cm³/mol. The smallest absolute Gasteiger partial charge is 0.343 e. The lowest BCUT2D eigenvalue weighted by Gasteiger charge is -2.35. The molecular formula is C23H27NO5. The molecule has 0 spiro atoms. The summed E-state index contributed by atoms with van der Waals surface area (Å²) < 4.78 is 17.1. The number of nitrogens with one attached hydrogen (secondary N) is 1. The number of rotatable bonds is 4. The lowest BCUT2D eigenvalue weighted by molar-refractivity contribution is -0.142. The summed E-state index contributed by atoms with van der Waals surface area (Å²) in [5.74, 6) is -1.19. The van der Waals surface area contributed by atoms with Crippen molar-refractivity contribution >= 4 is 17.6 Å². The zero-order valence-corrected chi connectivity index (χ0v) is 17.7. The first-order valence-corrected chi connectivity index (χ1v) is 9.63. The van der Waals surface area contributed by atoms with Crippen LogP contribution in [0.5, 0.6) is 11.5 Å². The summed E-state index contributed by atoms with van der Waals surface area (Å²) in [5, 5.41) is 2.80. The van der Waals surface area contributed by atoms with Crippen LogP contribution in [-0.2, 0) is 11.2 Å². The van der Waals surface area contributed by atoms with Gasteiger partial charge in [0.2, 0.25) is 0 Å². The second kappa shape index (κ2) is 7.43. The minimum Gasteiger partial charge on any atom is -0.465 e. The minimum absolute atomic E-state index is 0.136. The Balaban J connectivity index is 1.97. The maximum atomic E-state index is 12.7. The van der Waals surface area contributed by atoms with Crippen LogP contribution in [0.25, 0.3) is 0 Å². The Kier molecular flexibility index (Phi) is 5.30. The maximum absolute atomic E-state index is 12.7. The van der Waals surface area contributed by atoms with Crippen LogP contribution in [-0.4, -0.2) is 24.8 Å². The van der Waals surface area contributed by atoms with Crippen LogP contribution in [0.15, 0.2) is 36.4 Å². The van der Waals surface area contributed by atoms with E-state index in [4.69, 9.17) is 14.2 Å². The highest BCUT2D eigenvalue weighted by Crippen LogP contribution is 2.50. The molecule has 1 unspecified atom stereocenters. The molecule has 6 heteroatoms. The number of benzene rings is 2. The molecule has 0 saturated carbocycles. The van der Waals surface area contributed by atoms with Gasteiger partial charge in [0.25, 0.3) is 11.7 Å². The van der Waals surface area contributed by atoms with Gasteiger partial charge in [-0.3, -0.25) is 4.79 Å². The molecule has 0 saturated heterocycles. The summed E-state index contributed by atoms with van der Waals surface area (Å²) in [5.41, 5.74) is 1.72. The molecule has 1 N–H and O–H groups in total. The van der Waals surface area contributed by atoms with E-state index in [0.29, 0.717) is 17.0 Å². The molecule has 1 atom stereocenters. The number of methoxy groups -OCH3 is 1. The van der Waals surface area contributed by atoms with Crippen LogP contribution < -0.4 is 14.8 Å². The SMILES string of the molecule is CCc1ccc(C(=O)Nc2ccc3c(c2C(=O)OC)OC(C)(C(C)(C)C)O3)cc1. The lowest BCUT2D eigenvalue weighted by atomic mass is 9.87. The number of fused-ring (bicyclic) bond motifs is 1. The van der Waals surface area contributed by atoms with E-state index >= 15 is 0 Å². The van der Waals surface area contributed by atoms with E-state index in [0.717, 1.165) is 12.0 Å². The van der Waals surface area contributed by atoms with Gasteiger partial charge in [-0.2, -0.15) is 0 Å². The van der Waals surface area contributed by atoms with Crippen LogP contribution in [0.2, 0.25) is 0 Å². The third-order valence-corrected chi connectivity index (χ3v) is 5.35. The average Bonchev–Trinajstić information content (AvgIpc) is 3.05. The van der Waals surface area contributed by atoms with Gasteiger partial charge in [0.1, 0.15) is 5.56 Å². The van der Waals surface area contributed by atoms with Crippen LogP contribution in [0, 0.1) is 5.41 Å². The second-order valence-corrected chi connectivity index (χ2v) is 8.21. The molecule has 2 aromatic carbocycles. The van der Waals surface area contributed by atoms with Crippen molar-refractivity contribution in [1.82, 2.24) is 0 Å². The monoisotopic (exact) mass is 397 g/mol. The van der Waals surface area contributed by atoms with E-state index in [-0.39, 0.29) is 22.6 Å². The van der Waals surface area contributed by atoms with E-state index in [1.807, 2.05) is 39.8 Å². The number of hydrogen-bond acceptors (Lipinski definition) is 5. The molecule has 0 aliphatic carbocycles. The first-order chi connectivity index (χ1) is 13.6. The van der Waals surface area contributed by atoms with Gasteiger partial charge in [-0.15, -0.1) is 0 Å². The summed E-state index contributed by atoms with van der Waals surface area (Å²) in [7, 11) is 1.29. The van der Waals surface area contributed by atoms with Crippen molar-refractivity contribution in [2.45, 2.75) is 46.8 Å². The van der Waals surface area contributed by atoms with E-state index in [1.165, 1.54) is 7.11 Å². The molecule has 6 nitrogen and oxygen atoms in total. The number of ether oxygens (including phenoxy) is 3. The topological polar surface area (TPSA) is 73.9 Å². The lowest BCUT2D eigenvalue weighted by Crippen LogP contribution is -2.47. The van der Waals surface area contributed by atoms with Crippen LogP contribution in [0.1, 0.15) is 60.9 Å². The Morgan fingerprint density at radius 2 is 1.72 bits per heavy atom. The van der Waals surface area contributed by atoms with Crippen LogP contribution in [0.3, 0.4) is 0 Å². The van der Waals surface area contributed by atoms with Crippen molar-refractivity contribution in [2.24, 2.45) is 5.41 Å². The van der Waals surface area contributed by atoms with Crippen LogP contribution >= 0.6 is 0 Å². The second-order valence-electron chi connectivity index (χ2n) is 8.21. The summed E-state index contributed by atoms with van der Waals surface area (Å²) >= 11 is 0. The van der Waals surface area contributed by atoms with Gasteiger partial charge >= 0.3 is 5.97 Å². The molecule has 0 fully saturated rings. The minimum atomic E-state index is -0.962. The molecule has 1 amide bonds. The van der Waals surface area contributed by atoms with Gasteiger partial charge in [0.15, 0.2) is 11.5 Å². The summed E-state index contributed by atoms with van der Waals surface area (Å²) in [6.45, 7) is 9.83. The van der Waals surface area contributed by atoms with Crippen molar-refractivity contribution in [1.29, 1.82) is 0 Å². The third-order valence-electron chi connectivity index (χ3n) is 5.35. The van der Waals surface area contributed by atoms with Gasteiger partial charge in [0, 0.05) is 17.9 Å². The highest BCUT2D eigenvalue weighted by Gasteiger charge is 2.49. The van der Waals surface area contributed by atoms with Crippen molar-refractivity contribution in [3.63, 3.8) is 0 Å². The fourth-order valence-corrected chi connectivity index (χ4v) is 2.97. The number of aryl methyl sites for hydroxylation is 1. The molecule has 2 aromatic rings. The van der Waals surface area contributed by atoms with Crippen molar-refractivity contribution in [3.05, 3.63) is 53.1 Å². The molecule has 1 aliphatic heterocycles. The summed E-state index contributed by atoms with van der Waals surface area (Å²) in [6, 6.07) is 10.6. The van der Waals surface area contributed by atoms with E-state index in [9.17, 15) is 9.59 Å². The normalized spacial score (nSPS) is 17.7. The van der Waals surface area contributed by atoms with E-state index in [1.54, 1.807) is 24.3 Å². The number of anilines is 1. The molecule has 1 aliphatic rings. The fourth-order valence-electron chi connectivity index (χ4n) is 2.97. The van der Waals surface area contributed by atoms with Gasteiger partial charge in [-0.1, -0.05) is 39.8 Å². The first kappa shape index (κ1) is 20.7. The Morgan fingerprint density at radius 1 is 1.07 bits per heavy atom. The highest BCUT2D eigenvalue weighted by molar-refractivity contribution is 6.09. The van der Waals surface area contributed by atoms with Crippen molar-refractivity contribution < 1.29 is 23.8 Å². The number of carbonyl (C=O) groups excluding carboxylic acids is 2. The van der Waals surface area contributed by atoms with Crippen LogP contribution in [0.4, 0.5) is 5.69 Å². The molecular weight excluding hydrogens is 370 g/mol. The zero-order chi connectivity index (χ0) is 21.4.